The summed E-state index contributed by atoms with van der Waals surface area (Å²) >= 11 is 1.36. The van der Waals surface area contributed by atoms with Gasteiger partial charge in [-0.15, -0.1) is 0 Å². The van der Waals surface area contributed by atoms with E-state index in [0.29, 0.717) is 12.1 Å². The first-order valence-electron chi connectivity index (χ1n) is 3.85. The highest BCUT2D eigenvalue weighted by Gasteiger charge is 2.26. The van der Waals surface area contributed by atoms with E-state index >= 15 is 0 Å². The molecule has 0 amide bonds. The summed E-state index contributed by atoms with van der Waals surface area (Å²) in [7, 11) is 0.698. The zero-order valence-corrected chi connectivity index (χ0v) is 11.5. The molecule has 0 spiro atoms. The lowest BCUT2D eigenvalue weighted by Crippen LogP contribution is -2.02. The van der Waals surface area contributed by atoms with Gasteiger partial charge >= 0.3 is 0 Å². The van der Waals surface area contributed by atoms with Gasteiger partial charge in [-0.25, -0.2) is 17.2 Å². The average molecular weight is 398 g/mol. The Kier molecular flexibility index (Phi) is 4.25. The van der Waals surface area contributed by atoms with Crippen molar-refractivity contribution in [3.05, 3.63) is 31.4 Å². The van der Waals surface area contributed by atoms with E-state index in [0.717, 1.165) is 0 Å². The maximum Gasteiger partial charge on any atom is 0.271 e. The highest BCUT2D eigenvalue weighted by molar-refractivity contribution is 14.1. The van der Waals surface area contributed by atoms with Crippen molar-refractivity contribution in [2.24, 2.45) is 0 Å². The Morgan fingerprint density at radius 2 is 1.94 bits per heavy atom. The van der Waals surface area contributed by atoms with Gasteiger partial charge in [0.25, 0.3) is 21.2 Å². The zero-order chi connectivity index (χ0) is 13.4. The Morgan fingerprint density at radius 3 is 2.29 bits per heavy atom. The predicted octanol–water partition coefficient (Wildman–Crippen LogP) is 3.06. The molecule has 1 aromatic rings. The van der Waals surface area contributed by atoms with E-state index in [2.05, 4.69) is 0 Å². The number of non-ortho nitro benzene ring substituents is 1. The normalized spacial score (nSPS) is 11.8. The molecule has 0 N–H and O–H groups in total. The molecular formula is C7H3ClF2INO4S. The van der Waals surface area contributed by atoms with Gasteiger partial charge in [-0.3, -0.25) is 10.1 Å². The Hall–Kier alpha value is -0.550. The Bertz CT molecular complexity index is 577. The summed E-state index contributed by atoms with van der Waals surface area (Å²) in [5, 5.41) is 10.5. The summed E-state index contributed by atoms with van der Waals surface area (Å²) in [5.74, 6) is 0. The molecule has 0 aromatic heterocycles. The number of hydrogen-bond donors (Lipinski definition) is 0. The third-order valence-corrected chi connectivity index (χ3v) is 4.68. The molecule has 0 heterocycles. The van der Waals surface area contributed by atoms with Crippen molar-refractivity contribution >= 4 is 48.0 Å². The first-order valence-corrected chi connectivity index (χ1v) is 7.24. The number of benzene rings is 1. The van der Waals surface area contributed by atoms with Gasteiger partial charge in [0, 0.05) is 31.9 Å². The fraction of sp³-hybridized carbons (Fsp3) is 0.143. The molecule has 0 saturated heterocycles. The van der Waals surface area contributed by atoms with E-state index in [4.69, 9.17) is 10.7 Å². The fourth-order valence-electron chi connectivity index (χ4n) is 1.05. The van der Waals surface area contributed by atoms with E-state index in [1.807, 2.05) is 0 Å². The monoisotopic (exact) mass is 397 g/mol. The van der Waals surface area contributed by atoms with E-state index in [-0.39, 0.29) is 3.57 Å². The van der Waals surface area contributed by atoms with Crippen molar-refractivity contribution in [1.82, 2.24) is 0 Å². The Morgan fingerprint density at radius 1 is 1.41 bits per heavy atom. The molecule has 0 radical (unpaired) electrons. The van der Waals surface area contributed by atoms with Crippen LogP contribution >= 0.6 is 33.3 Å². The minimum Gasteiger partial charge on any atom is -0.258 e. The largest absolute Gasteiger partial charge is 0.271 e. The van der Waals surface area contributed by atoms with Crippen LogP contribution in [-0.4, -0.2) is 13.3 Å². The van der Waals surface area contributed by atoms with Crippen LogP contribution in [0.2, 0.25) is 0 Å². The summed E-state index contributed by atoms with van der Waals surface area (Å²) < 4.78 is 47.0. The number of nitro benzene ring substituents is 1. The molecule has 0 fully saturated rings. The van der Waals surface area contributed by atoms with Crippen LogP contribution in [0.15, 0.2) is 17.0 Å². The van der Waals surface area contributed by atoms with Crippen LogP contribution in [-0.2, 0) is 9.05 Å². The number of alkyl halides is 2. The molecule has 0 saturated carbocycles. The molecule has 5 nitrogen and oxygen atoms in total. The van der Waals surface area contributed by atoms with Gasteiger partial charge in [0.15, 0.2) is 0 Å². The first kappa shape index (κ1) is 14.5. The van der Waals surface area contributed by atoms with Crippen molar-refractivity contribution in [3.63, 3.8) is 0 Å². The molecule has 1 rings (SSSR count). The molecule has 0 bridgehead atoms. The second-order valence-electron chi connectivity index (χ2n) is 2.84. The van der Waals surface area contributed by atoms with Gasteiger partial charge in [0.2, 0.25) is 0 Å². The van der Waals surface area contributed by atoms with Crippen LogP contribution in [0.3, 0.4) is 0 Å². The summed E-state index contributed by atoms with van der Waals surface area (Å²) in [6.45, 7) is 0. The molecular weight excluding hydrogens is 395 g/mol. The van der Waals surface area contributed by atoms with E-state index in [9.17, 15) is 27.3 Å². The summed E-state index contributed by atoms with van der Waals surface area (Å²) in [4.78, 5) is 8.83. The van der Waals surface area contributed by atoms with Crippen LogP contribution in [0.1, 0.15) is 12.0 Å². The second-order valence-corrected chi connectivity index (χ2v) is 6.46. The summed E-state index contributed by atoms with van der Waals surface area (Å²) in [6, 6.07) is 1.27. The van der Waals surface area contributed by atoms with E-state index in [1.54, 1.807) is 0 Å². The first-order chi connectivity index (χ1) is 7.64. The number of hydrogen-bond acceptors (Lipinski definition) is 4. The van der Waals surface area contributed by atoms with Crippen LogP contribution in [0.4, 0.5) is 14.5 Å². The van der Waals surface area contributed by atoms with Crippen molar-refractivity contribution < 1.29 is 22.1 Å². The van der Waals surface area contributed by atoms with E-state index < -0.39 is 36.5 Å². The molecule has 10 heteroatoms. The zero-order valence-electron chi connectivity index (χ0n) is 7.73. The van der Waals surface area contributed by atoms with Gasteiger partial charge in [-0.1, -0.05) is 0 Å². The maximum absolute atomic E-state index is 12.6. The van der Waals surface area contributed by atoms with Gasteiger partial charge < -0.3 is 0 Å². The van der Waals surface area contributed by atoms with Gasteiger partial charge in [-0.05, 0) is 22.6 Å². The van der Waals surface area contributed by atoms with Crippen LogP contribution in [0, 0.1) is 13.7 Å². The molecule has 0 unspecified atom stereocenters. The third kappa shape index (κ3) is 3.22. The lowest BCUT2D eigenvalue weighted by atomic mass is 10.2. The number of nitrogens with zero attached hydrogens (tertiary/aromatic N) is 1. The van der Waals surface area contributed by atoms with Gasteiger partial charge in [0.1, 0.15) is 4.90 Å². The average Bonchev–Trinajstić information content (AvgIpc) is 2.15. The quantitative estimate of drug-likeness (QED) is 0.340. The topological polar surface area (TPSA) is 77.3 Å². The second kappa shape index (κ2) is 4.98. The lowest BCUT2D eigenvalue weighted by molar-refractivity contribution is -0.385. The molecule has 0 atom stereocenters. The number of halogens is 4. The van der Waals surface area contributed by atoms with Crippen LogP contribution in [0.5, 0.6) is 0 Å². The third-order valence-electron chi connectivity index (χ3n) is 1.76. The molecule has 94 valence electrons. The maximum atomic E-state index is 12.6. The number of nitro groups is 1. The standard InChI is InChI=1S/C7H3ClF2INO4S/c8-17(15,16)5-2-3(12(13)14)1-4(6(5)11)7(9)10/h1-2,7H. The van der Waals surface area contributed by atoms with Crippen molar-refractivity contribution in [1.29, 1.82) is 0 Å². The minimum absolute atomic E-state index is 0.321. The van der Waals surface area contributed by atoms with Gasteiger partial charge in [0.05, 0.1) is 4.92 Å². The Balaban J connectivity index is 3.67. The lowest BCUT2D eigenvalue weighted by Gasteiger charge is -2.07. The summed E-state index contributed by atoms with van der Waals surface area (Å²) in [5.41, 5.74) is -1.49. The molecule has 0 aliphatic heterocycles. The van der Waals surface area contributed by atoms with Crippen molar-refractivity contribution in [2.75, 3.05) is 0 Å². The molecule has 1 aromatic carbocycles. The molecule has 17 heavy (non-hydrogen) atoms. The highest BCUT2D eigenvalue weighted by atomic mass is 127. The van der Waals surface area contributed by atoms with Crippen LogP contribution in [0.25, 0.3) is 0 Å². The van der Waals surface area contributed by atoms with Crippen LogP contribution < -0.4 is 0 Å². The SMILES string of the molecule is O=[N+]([O-])c1cc(C(F)F)c(I)c(S(=O)(=O)Cl)c1. The highest BCUT2D eigenvalue weighted by Crippen LogP contribution is 2.34. The van der Waals surface area contributed by atoms with Crippen molar-refractivity contribution in [3.8, 4) is 0 Å². The molecule has 0 aliphatic rings. The minimum atomic E-state index is -4.32. The number of rotatable bonds is 3. The van der Waals surface area contributed by atoms with Crippen molar-refractivity contribution in [2.45, 2.75) is 11.3 Å². The van der Waals surface area contributed by atoms with E-state index in [1.165, 1.54) is 22.6 Å². The smallest absolute Gasteiger partial charge is 0.258 e. The predicted molar refractivity (Wildman–Crippen MR) is 63.8 cm³/mol. The molecule has 0 aliphatic carbocycles. The fourth-order valence-corrected chi connectivity index (χ4v) is 3.81. The Labute approximate surface area is 112 Å². The summed E-state index contributed by atoms with van der Waals surface area (Å²) in [6.07, 6.45) is -3.03. The van der Waals surface area contributed by atoms with Gasteiger partial charge in [-0.2, -0.15) is 0 Å².